The Balaban J connectivity index is 2.52. The molecule has 6 nitrogen and oxygen atoms in total. The van der Waals surface area contributed by atoms with Gasteiger partial charge in [-0.05, 0) is 19.1 Å². The van der Waals surface area contributed by atoms with Gasteiger partial charge in [-0.25, -0.2) is 0 Å². The molecule has 0 aliphatic rings. The van der Waals surface area contributed by atoms with Crippen LogP contribution in [0.5, 0.6) is 0 Å². The summed E-state index contributed by atoms with van der Waals surface area (Å²) in [4.78, 5) is 21.1. The molecule has 1 atom stereocenters. The minimum absolute atomic E-state index is 0.0111. The van der Waals surface area contributed by atoms with E-state index in [1.165, 1.54) is 13.0 Å². The molecule has 0 aliphatic carbocycles. The van der Waals surface area contributed by atoms with Crippen LogP contribution >= 0.6 is 0 Å². The van der Waals surface area contributed by atoms with E-state index >= 15 is 0 Å². The fraction of sp³-hybridized carbons (Fsp3) is 0.250. The third-order valence-corrected chi connectivity index (χ3v) is 2.73. The van der Waals surface area contributed by atoms with Crippen molar-refractivity contribution in [1.29, 1.82) is 0 Å². The molecular formula is C12H12N2O4. The lowest BCUT2D eigenvalue weighted by Gasteiger charge is -2.17. The average molecular weight is 248 g/mol. The highest BCUT2D eigenvalue weighted by molar-refractivity contribution is 5.89. The topological polar surface area (TPSA) is 85.4 Å². The van der Waals surface area contributed by atoms with Crippen LogP contribution in [0.1, 0.15) is 6.92 Å². The number of benzene rings is 1. The van der Waals surface area contributed by atoms with Crippen LogP contribution in [-0.4, -0.2) is 26.5 Å². The first kappa shape index (κ1) is 12.3. The van der Waals surface area contributed by atoms with E-state index in [-0.39, 0.29) is 12.2 Å². The summed E-state index contributed by atoms with van der Waals surface area (Å²) in [5.74, 6) is 0. The number of aliphatic hydroxyl groups is 1. The quantitative estimate of drug-likeness (QED) is 0.504. The van der Waals surface area contributed by atoms with E-state index in [4.69, 9.17) is 0 Å². The maximum atomic E-state index is 10.9. The highest BCUT2D eigenvalue weighted by Crippen LogP contribution is 2.26. The van der Waals surface area contributed by atoms with Gasteiger partial charge in [-0.3, -0.25) is 10.1 Å². The molecule has 0 radical (unpaired) electrons. The van der Waals surface area contributed by atoms with Gasteiger partial charge in [0, 0.05) is 12.3 Å². The summed E-state index contributed by atoms with van der Waals surface area (Å²) in [5.41, 5.74) is -0.861. The van der Waals surface area contributed by atoms with Gasteiger partial charge in [0.2, 0.25) is 0 Å². The molecule has 0 fully saturated rings. The molecule has 1 heterocycles. The van der Waals surface area contributed by atoms with Gasteiger partial charge in [0.05, 0.1) is 22.4 Å². The second-order valence-corrected chi connectivity index (χ2v) is 4.39. The first-order valence-electron chi connectivity index (χ1n) is 5.35. The van der Waals surface area contributed by atoms with Gasteiger partial charge in [-0.1, -0.05) is 6.07 Å². The highest BCUT2D eigenvalue weighted by Gasteiger charge is 2.22. The van der Waals surface area contributed by atoms with Gasteiger partial charge in [0.25, 0.3) is 5.69 Å². The summed E-state index contributed by atoms with van der Waals surface area (Å²) >= 11 is 0. The molecule has 0 saturated heterocycles. The van der Waals surface area contributed by atoms with Crippen molar-refractivity contribution < 1.29 is 14.8 Å². The third-order valence-electron chi connectivity index (χ3n) is 2.73. The molecule has 94 valence electrons. The van der Waals surface area contributed by atoms with Crippen molar-refractivity contribution >= 4 is 22.9 Å². The van der Waals surface area contributed by atoms with E-state index < -0.39 is 10.5 Å². The Hall–Kier alpha value is -2.21. The Morgan fingerprint density at radius 2 is 2.22 bits per heavy atom. The maximum absolute atomic E-state index is 10.9. The molecule has 0 spiro atoms. The number of carbonyl (C=O) groups excluding carboxylic acids is 1. The molecule has 2 rings (SSSR count). The smallest absolute Gasteiger partial charge is 0.278 e. The van der Waals surface area contributed by atoms with Gasteiger partial charge in [-0.2, -0.15) is 0 Å². The van der Waals surface area contributed by atoms with Crippen LogP contribution in [0.15, 0.2) is 30.5 Å². The number of rotatable bonds is 4. The summed E-state index contributed by atoms with van der Waals surface area (Å²) in [6.07, 6.45) is 2.08. The van der Waals surface area contributed by atoms with E-state index in [1.807, 2.05) is 0 Å². The first-order valence-corrected chi connectivity index (χ1v) is 5.35. The number of hydrogen-bond acceptors (Lipinski definition) is 4. The van der Waals surface area contributed by atoms with Gasteiger partial charge < -0.3 is 14.5 Å². The predicted octanol–water partition coefficient (Wildman–Crippen LogP) is 1.50. The Morgan fingerprint density at radius 3 is 2.83 bits per heavy atom. The third kappa shape index (κ3) is 2.10. The molecule has 0 unspecified atom stereocenters. The zero-order valence-electron chi connectivity index (χ0n) is 9.74. The van der Waals surface area contributed by atoms with Gasteiger partial charge in [0.15, 0.2) is 6.29 Å². The van der Waals surface area contributed by atoms with E-state index in [2.05, 4.69) is 0 Å². The summed E-state index contributed by atoms with van der Waals surface area (Å²) in [6.45, 7) is 1.45. The van der Waals surface area contributed by atoms with Crippen molar-refractivity contribution in [3.8, 4) is 0 Å². The number of nitrogens with zero attached hydrogens (tertiary/aromatic N) is 2. The zero-order chi connectivity index (χ0) is 13.3. The van der Waals surface area contributed by atoms with E-state index in [9.17, 15) is 20.0 Å². The largest absolute Gasteiger partial charge is 0.381 e. The number of hydrogen-bond donors (Lipinski definition) is 1. The fourth-order valence-electron chi connectivity index (χ4n) is 1.89. The number of nitro benzene ring substituents is 1. The van der Waals surface area contributed by atoms with E-state index in [0.29, 0.717) is 17.2 Å². The second-order valence-electron chi connectivity index (χ2n) is 4.39. The minimum Gasteiger partial charge on any atom is -0.381 e. The van der Waals surface area contributed by atoms with Crippen molar-refractivity contribution in [2.24, 2.45) is 0 Å². The van der Waals surface area contributed by atoms with Crippen molar-refractivity contribution in [2.45, 2.75) is 19.1 Å². The Bertz CT molecular complexity index is 616. The molecular weight excluding hydrogens is 236 g/mol. The Labute approximate surface area is 103 Å². The summed E-state index contributed by atoms with van der Waals surface area (Å²) < 4.78 is 1.62. The summed E-state index contributed by atoms with van der Waals surface area (Å²) in [5, 5.41) is 21.1. The molecule has 1 aromatic carbocycles. The second kappa shape index (κ2) is 4.23. The predicted molar refractivity (Wildman–Crippen MR) is 65.3 cm³/mol. The van der Waals surface area contributed by atoms with E-state index in [1.54, 1.807) is 29.0 Å². The Kier molecular flexibility index (Phi) is 2.88. The standard InChI is InChI=1S/C12H12N2O4/c1-12(16,8-15)7-13-6-5-9-10(13)3-2-4-11(9)14(17)18/h2-6,8,16H,7H2,1H3/t12-/m0/s1. The number of aromatic nitrogens is 1. The van der Waals surface area contributed by atoms with Crippen LogP contribution in [-0.2, 0) is 11.3 Å². The molecule has 1 aromatic heterocycles. The van der Waals surface area contributed by atoms with Gasteiger partial charge in [0.1, 0.15) is 5.60 Å². The van der Waals surface area contributed by atoms with Crippen LogP contribution in [0.3, 0.4) is 0 Å². The molecule has 1 N–H and O–H groups in total. The van der Waals surface area contributed by atoms with Crippen LogP contribution in [0.4, 0.5) is 5.69 Å². The average Bonchev–Trinajstić information content (AvgIpc) is 2.72. The van der Waals surface area contributed by atoms with Gasteiger partial charge >= 0.3 is 0 Å². The number of aldehydes is 1. The molecule has 0 aliphatic heterocycles. The lowest BCUT2D eigenvalue weighted by Crippen LogP contribution is -2.31. The molecule has 18 heavy (non-hydrogen) atoms. The number of nitro groups is 1. The Morgan fingerprint density at radius 1 is 1.50 bits per heavy atom. The SMILES string of the molecule is C[C@@](O)(C=O)Cn1ccc2c([N+](=O)[O-])cccc21. The van der Waals surface area contributed by atoms with Crippen molar-refractivity contribution in [3.05, 3.63) is 40.6 Å². The minimum atomic E-state index is -1.49. The molecule has 0 bridgehead atoms. The fourth-order valence-corrected chi connectivity index (χ4v) is 1.89. The normalized spacial score (nSPS) is 14.3. The van der Waals surface area contributed by atoms with Crippen LogP contribution < -0.4 is 0 Å². The van der Waals surface area contributed by atoms with Crippen LogP contribution in [0.2, 0.25) is 0 Å². The van der Waals surface area contributed by atoms with Crippen LogP contribution in [0.25, 0.3) is 10.9 Å². The number of fused-ring (bicyclic) bond motifs is 1. The number of carbonyl (C=O) groups is 1. The number of non-ortho nitro benzene ring substituents is 1. The van der Waals surface area contributed by atoms with Crippen molar-refractivity contribution in [3.63, 3.8) is 0 Å². The van der Waals surface area contributed by atoms with E-state index in [0.717, 1.165) is 0 Å². The molecule has 0 amide bonds. The summed E-state index contributed by atoms with van der Waals surface area (Å²) in [6, 6.07) is 6.31. The van der Waals surface area contributed by atoms with Crippen molar-refractivity contribution in [1.82, 2.24) is 4.57 Å². The molecule has 2 aromatic rings. The maximum Gasteiger partial charge on any atom is 0.278 e. The lowest BCUT2D eigenvalue weighted by atomic mass is 10.1. The highest BCUT2D eigenvalue weighted by atomic mass is 16.6. The molecule has 0 saturated carbocycles. The monoisotopic (exact) mass is 248 g/mol. The summed E-state index contributed by atoms with van der Waals surface area (Å²) in [7, 11) is 0. The zero-order valence-corrected chi connectivity index (χ0v) is 9.74. The van der Waals surface area contributed by atoms with Gasteiger partial charge in [-0.15, -0.1) is 0 Å². The van der Waals surface area contributed by atoms with Crippen LogP contribution in [0, 0.1) is 10.1 Å². The molecule has 6 heteroatoms. The van der Waals surface area contributed by atoms with Crippen molar-refractivity contribution in [2.75, 3.05) is 0 Å². The first-order chi connectivity index (χ1) is 8.44. The lowest BCUT2D eigenvalue weighted by molar-refractivity contribution is -0.383.